The second-order valence-electron chi connectivity index (χ2n) is 9.44. The first-order chi connectivity index (χ1) is 17.5. The molecule has 3 amide bonds. The highest BCUT2D eigenvalue weighted by molar-refractivity contribution is 5.89. The number of carbonyl (C=O) groups is 2. The lowest BCUT2D eigenvalue weighted by atomic mass is 9.83. The number of benzene rings is 2. The van der Waals surface area contributed by atoms with Crippen molar-refractivity contribution in [1.29, 1.82) is 0 Å². The zero-order valence-corrected chi connectivity index (χ0v) is 20.9. The van der Waals surface area contributed by atoms with E-state index in [2.05, 4.69) is 33.8 Å². The second kappa shape index (κ2) is 12.2. The Bertz CT molecular complexity index is 1040. The highest BCUT2D eigenvalue weighted by Crippen LogP contribution is 2.40. The number of nitrogens with zero attached hydrogens (tertiary/aromatic N) is 1. The number of likely N-dealkylation sites (tertiary alicyclic amines) is 1. The van der Waals surface area contributed by atoms with Gasteiger partial charge in [0.1, 0.15) is 17.7 Å². The Morgan fingerprint density at radius 2 is 1.94 bits per heavy atom. The molecule has 0 saturated carbocycles. The van der Waals surface area contributed by atoms with E-state index in [0.717, 1.165) is 55.8 Å². The topological polar surface area (TPSA) is 91.9 Å². The Morgan fingerprint density at radius 1 is 1.19 bits per heavy atom. The molecule has 1 fully saturated rings. The molecule has 0 aliphatic carbocycles. The molecule has 0 unspecified atom stereocenters. The molecule has 0 bridgehead atoms. The average Bonchev–Trinajstić information content (AvgIpc) is 2.88. The van der Waals surface area contributed by atoms with Gasteiger partial charge >= 0.3 is 6.03 Å². The molecule has 4 rings (SSSR count). The number of rotatable bonds is 9. The molecule has 36 heavy (non-hydrogen) atoms. The van der Waals surface area contributed by atoms with Crippen molar-refractivity contribution in [3.63, 3.8) is 0 Å². The van der Waals surface area contributed by atoms with Crippen molar-refractivity contribution in [1.82, 2.24) is 15.5 Å². The first-order valence-electron chi connectivity index (χ1n) is 12.5. The Kier molecular flexibility index (Phi) is 8.77. The van der Waals surface area contributed by atoms with E-state index in [9.17, 15) is 14.0 Å². The third-order valence-electron chi connectivity index (χ3n) is 7.15. The van der Waals surface area contributed by atoms with Gasteiger partial charge in [0, 0.05) is 37.3 Å². The molecule has 2 heterocycles. The maximum atomic E-state index is 13.0. The van der Waals surface area contributed by atoms with Gasteiger partial charge in [0.2, 0.25) is 6.41 Å². The summed E-state index contributed by atoms with van der Waals surface area (Å²) in [5, 5.41) is 8.35. The minimum atomic E-state index is -0.338. The van der Waals surface area contributed by atoms with Crippen molar-refractivity contribution in [3.05, 3.63) is 58.9 Å². The predicted molar refractivity (Wildman–Crippen MR) is 136 cm³/mol. The summed E-state index contributed by atoms with van der Waals surface area (Å²) in [6.45, 7) is 5.64. The monoisotopic (exact) mass is 498 g/mol. The molecule has 2 aromatic carbocycles. The molecule has 0 aromatic heterocycles. The van der Waals surface area contributed by atoms with Crippen molar-refractivity contribution < 1.29 is 23.5 Å². The van der Waals surface area contributed by atoms with Crippen LogP contribution < -0.4 is 20.7 Å². The van der Waals surface area contributed by atoms with Crippen molar-refractivity contribution in [2.45, 2.75) is 38.4 Å². The van der Waals surface area contributed by atoms with Gasteiger partial charge in [-0.1, -0.05) is 12.1 Å². The number of nitrogens with one attached hydrogen (secondary N) is 3. The van der Waals surface area contributed by atoms with E-state index in [4.69, 9.17) is 9.47 Å². The van der Waals surface area contributed by atoms with E-state index in [1.807, 2.05) is 6.07 Å². The van der Waals surface area contributed by atoms with Crippen LogP contribution in [0.25, 0.3) is 0 Å². The molecular formula is C27H35FN4O4. The van der Waals surface area contributed by atoms with E-state index < -0.39 is 0 Å². The van der Waals surface area contributed by atoms with Crippen LogP contribution in [0.3, 0.4) is 0 Å². The lowest BCUT2D eigenvalue weighted by Gasteiger charge is -2.41. The highest BCUT2D eigenvalue weighted by Gasteiger charge is 2.36. The molecule has 0 radical (unpaired) electrons. The molecule has 2 aliphatic rings. The molecule has 2 aromatic rings. The zero-order chi connectivity index (χ0) is 25.5. The number of anilines is 1. The average molecular weight is 499 g/mol. The van der Waals surface area contributed by atoms with Gasteiger partial charge in [-0.2, -0.15) is 0 Å². The van der Waals surface area contributed by atoms with Crippen LogP contribution in [0, 0.1) is 18.7 Å². The fourth-order valence-corrected chi connectivity index (χ4v) is 5.27. The van der Waals surface area contributed by atoms with Crippen LogP contribution in [0.1, 0.15) is 35.6 Å². The smallest absolute Gasteiger partial charge is 0.319 e. The van der Waals surface area contributed by atoms with Crippen molar-refractivity contribution in [2.75, 3.05) is 45.2 Å². The zero-order valence-electron chi connectivity index (χ0n) is 20.9. The third-order valence-corrected chi connectivity index (χ3v) is 7.15. The Balaban J connectivity index is 1.27. The molecular weight excluding hydrogens is 463 g/mol. The number of ether oxygens (including phenoxy) is 2. The molecule has 9 heteroatoms. The summed E-state index contributed by atoms with van der Waals surface area (Å²) in [5.74, 6) is 0.988. The lowest BCUT2D eigenvalue weighted by Crippen LogP contribution is -2.44. The van der Waals surface area contributed by atoms with Crippen molar-refractivity contribution in [2.24, 2.45) is 5.92 Å². The maximum absolute atomic E-state index is 13.0. The number of carbonyl (C=O) groups excluding carboxylic acids is 2. The first-order valence-corrected chi connectivity index (χ1v) is 12.5. The number of methoxy groups -OCH3 is 1. The minimum absolute atomic E-state index is 0.0633. The fraction of sp³-hybridized carbons (Fsp3) is 0.481. The largest absolute Gasteiger partial charge is 0.496 e. The fourth-order valence-electron chi connectivity index (χ4n) is 5.27. The summed E-state index contributed by atoms with van der Waals surface area (Å²) < 4.78 is 25.3. The quantitative estimate of drug-likeness (QED) is 0.461. The minimum Gasteiger partial charge on any atom is -0.496 e. The van der Waals surface area contributed by atoms with Crippen LogP contribution in [0.4, 0.5) is 14.9 Å². The van der Waals surface area contributed by atoms with Crippen LogP contribution in [0.5, 0.6) is 5.75 Å². The third kappa shape index (κ3) is 6.33. The standard InChI is InChI=1S/C27H35FN4O4/c1-18-3-8-22-23(26(18)35-2)15-24(36-25(22)16-29-17-33)19-9-12-32(13-10-19)14-11-30-27(34)31-21-6-4-20(28)5-7-21/h3-8,17,19,24-25H,9-16H2,1-2H3,(H,29,33)(H2,30,31,34)/t24-,25-/m0/s1. The van der Waals surface area contributed by atoms with Gasteiger partial charge in [-0.25, -0.2) is 9.18 Å². The van der Waals surface area contributed by atoms with Gasteiger partial charge in [-0.15, -0.1) is 0 Å². The number of piperidine rings is 1. The number of hydrogen-bond acceptors (Lipinski definition) is 5. The summed E-state index contributed by atoms with van der Waals surface area (Å²) in [5.41, 5.74) is 3.93. The molecule has 0 spiro atoms. The van der Waals surface area contributed by atoms with Crippen LogP contribution in [-0.2, 0) is 16.0 Å². The number of aryl methyl sites for hydroxylation is 1. The number of halogens is 1. The number of fused-ring (bicyclic) bond motifs is 1. The van der Waals surface area contributed by atoms with Crippen molar-refractivity contribution >= 4 is 18.1 Å². The van der Waals surface area contributed by atoms with Gasteiger partial charge in [-0.3, -0.25) is 4.79 Å². The normalized spacial score (nSPS) is 20.3. The molecule has 8 nitrogen and oxygen atoms in total. The number of urea groups is 1. The van der Waals surface area contributed by atoms with Gasteiger partial charge in [0.15, 0.2) is 0 Å². The van der Waals surface area contributed by atoms with Gasteiger partial charge in [-0.05, 0) is 74.2 Å². The van der Waals surface area contributed by atoms with E-state index in [0.29, 0.717) is 31.1 Å². The first kappa shape index (κ1) is 25.9. The maximum Gasteiger partial charge on any atom is 0.319 e. The molecule has 2 aliphatic heterocycles. The van der Waals surface area contributed by atoms with Gasteiger partial charge < -0.3 is 30.3 Å². The van der Waals surface area contributed by atoms with Crippen LogP contribution in [-0.4, -0.2) is 63.3 Å². The van der Waals surface area contributed by atoms with E-state index >= 15 is 0 Å². The second-order valence-corrected chi connectivity index (χ2v) is 9.44. The number of hydrogen-bond donors (Lipinski definition) is 3. The summed E-state index contributed by atoms with van der Waals surface area (Å²) in [6, 6.07) is 9.51. The Labute approximate surface area is 211 Å². The van der Waals surface area contributed by atoms with Crippen molar-refractivity contribution in [3.8, 4) is 5.75 Å². The predicted octanol–water partition coefficient (Wildman–Crippen LogP) is 3.40. The van der Waals surface area contributed by atoms with Crippen LogP contribution in [0.15, 0.2) is 36.4 Å². The van der Waals surface area contributed by atoms with E-state index in [1.165, 1.54) is 29.8 Å². The summed E-state index contributed by atoms with van der Waals surface area (Å²) in [6.07, 6.45) is 3.39. The van der Waals surface area contributed by atoms with E-state index in [-0.39, 0.29) is 24.1 Å². The summed E-state index contributed by atoms with van der Waals surface area (Å²) >= 11 is 0. The summed E-state index contributed by atoms with van der Waals surface area (Å²) in [7, 11) is 1.71. The van der Waals surface area contributed by atoms with E-state index in [1.54, 1.807) is 7.11 Å². The van der Waals surface area contributed by atoms with Gasteiger partial charge in [0.25, 0.3) is 0 Å². The highest BCUT2D eigenvalue weighted by atomic mass is 19.1. The Hall–Kier alpha value is -3.17. The Morgan fingerprint density at radius 3 is 2.64 bits per heavy atom. The molecule has 194 valence electrons. The lowest BCUT2D eigenvalue weighted by molar-refractivity contribution is -0.111. The van der Waals surface area contributed by atoms with Crippen LogP contribution >= 0.6 is 0 Å². The van der Waals surface area contributed by atoms with Gasteiger partial charge in [0.05, 0.1) is 13.2 Å². The molecule has 3 N–H and O–H groups in total. The molecule has 2 atom stereocenters. The number of amides is 3. The SMILES string of the molecule is COc1c(C)ccc2c1C[C@@H](C1CCN(CCNC(=O)Nc3ccc(F)cc3)CC1)O[C@H]2CNC=O. The summed E-state index contributed by atoms with van der Waals surface area (Å²) in [4.78, 5) is 25.4. The van der Waals surface area contributed by atoms with Crippen LogP contribution in [0.2, 0.25) is 0 Å². The molecule has 1 saturated heterocycles.